The minimum absolute atomic E-state index is 0.153. The van der Waals surface area contributed by atoms with E-state index in [9.17, 15) is 4.79 Å². The summed E-state index contributed by atoms with van der Waals surface area (Å²) in [4.78, 5) is 15.0. The topological polar surface area (TPSA) is 61.6 Å². The number of hydrogen-bond acceptors (Lipinski definition) is 4. The maximum atomic E-state index is 10.6. The lowest BCUT2D eigenvalue weighted by molar-refractivity contribution is -0.138. The van der Waals surface area contributed by atoms with Crippen LogP contribution >= 0.6 is 0 Å². The molecular weight excluding hydrogens is 232 g/mol. The van der Waals surface area contributed by atoms with E-state index >= 15 is 0 Å². The molecule has 1 aliphatic heterocycles. The van der Waals surface area contributed by atoms with Gasteiger partial charge in [0.25, 0.3) is 0 Å². The predicted molar refractivity (Wildman–Crippen MR) is 67.3 cm³/mol. The highest BCUT2D eigenvalue weighted by molar-refractivity contribution is 5.69. The van der Waals surface area contributed by atoms with E-state index in [1.165, 1.54) is 11.3 Å². The van der Waals surface area contributed by atoms with Crippen molar-refractivity contribution in [3.63, 3.8) is 0 Å². The summed E-state index contributed by atoms with van der Waals surface area (Å²) in [5.41, 5.74) is 2.45. The van der Waals surface area contributed by atoms with E-state index in [4.69, 9.17) is 5.11 Å². The van der Waals surface area contributed by atoms with Gasteiger partial charge in [0.1, 0.15) is 0 Å². The number of aromatic nitrogens is 2. The van der Waals surface area contributed by atoms with Crippen LogP contribution in [0, 0.1) is 6.92 Å². The standard InChI is InChI=1S/C12H20N4O2/c1-10-11(7-13-14(10)2)8-15-3-5-16(6-4-15)9-12(17)18/h7H,3-6,8-9H2,1-2H3,(H,17,18). The molecule has 1 fully saturated rings. The molecule has 0 unspecified atom stereocenters. The SMILES string of the molecule is Cc1c(CN2CCN(CC(=O)O)CC2)cnn1C. The summed E-state index contributed by atoms with van der Waals surface area (Å²) < 4.78 is 1.88. The first kappa shape index (κ1) is 13.0. The quantitative estimate of drug-likeness (QED) is 0.813. The molecule has 0 bridgehead atoms. The summed E-state index contributed by atoms with van der Waals surface area (Å²) in [5, 5.41) is 13.0. The highest BCUT2D eigenvalue weighted by atomic mass is 16.4. The van der Waals surface area contributed by atoms with Crippen molar-refractivity contribution in [2.24, 2.45) is 7.05 Å². The van der Waals surface area contributed by atoms with E-state index in [1.54, 1.807) is 0 Å². The molecular formula is C12H20N4O2. The fourth-order valence-electron chi connectivity index (χ4n) is 2.24. The first-order chi connectivity index (χ1) is 8.56. The summed E-state index contributed by atoms with van der Waals surface area (Å²) in [6, 6.07) is 0. The monoisotopic (exact) mass is 252 g/mol. The molecule has 18 heavy (non-hydrogen) atoms. The van der Waals surface area contributed by atoms with Gasteiger partial charge in [-0.1, -0.05) is 0 Å². The Kier molecular flexibility index (Phi) is 3.98. The van der Waals surface area contributed by atoms with Crippen LogP contribution in [-0.4, -0.2) is 63.4 Å². The molecule has 6 nitrogen and oxygen atoms in total. The third kappa shape index (κ3) is 3.08. The van der Waals surface area contributed by atoms with Gasteiger partial charge in [-0.05, 0) is 6.92 Å². The van der Waals surface area contributed by atoms with Crippen molar-refractivity contribution in [1.82, 2.24) is 19.6 Å². The van der Waals surface area contributed by atoms with Crippen LogP contribution in [0.3, 0.4) is 0 Å². The van der Waals surface area contributed by atoms with Crippen molar-refractivity contribution >= 4 is 5.97 Å². The normalized spacial score (nSPS) is 18.1. The summed E-state index contributed by atoms with van der Waals surface area (Å²) in [5.74, 6) is -0.744. The maximum Gasteiger partial charge on any atom is 0.317 e. The molecule has 1 N–H and O–H groups in total. The van der Waals surface area contributed by atoms with Crippen LogP contribution in [-0.2, 0) is 18.4 Å². The summed E-state index contributed by atoms with van der Waals surface area (Å²) in [6.07, 6.45) is 1.92. The van der Waals surface area contributed by atoms with Crippen LogP contribution < -0.4 is 0 Å². The molecule has 0 spiro atoms. The predicted octanol–water partition coefficient (Wildman–Crippen LogP) is -0.0693. The van der Waals surface area contributed by atoms with Gasteiger partial charge >= 0.3 is 5.97 Å². The van der Waals surface area contributed by atoms with E-state index in [0.717, 1.165) is 32.7 Å². The molecule has 100 valence electrons. The minimum Gasteiger partial charge on any atom is -0.480 e. The number of aryl methyl sites for hydroxylation is 1. The highest BCUT2D eigenvalue weighted by Gasteiger charge is 2.19. The molecule has 0 aliphatic carbocycles. The fourth-order valence-corrected chi connectivity index (χ4v) is 2.24. The average molecular weight is 252 g/mol. The molecule has 0 saturated carbocycles. The number of carboxylic acids is 1. The summed E-state index contributed by atoms with van der Waals surface area (Å²) in [6.45, 7) is 6.61. The number of rotatable bonds is 4. The molecule has 1 aliphatic rings. The number of aliphatic carboxylic acids is 1. The second-order valence-electron chi connectivity index (χ2n) is 4.82. The van der Waals surface area contributed by atoms with Gasteiger partial charge in [0.05, 0.1) is 12.7 Å². The number of hydrogen-bond donors (Lipinski definition) is 1. The zero-order valence-electron chi connectivity index (χ0n) is 11.0. The number of carboxylic acid groups (broad SMARTS) is 1. The molecule has 1 saturated heterocycles. The Hall–Kier alpha value is -1.40. The van der Waals surface area contributed by atoms with Crippen LogP contribution in [0.15, 0.2) is 6.20 Å². The van der Waals surface area contributed by atoms with Gasteiger partial charge < -0.3 is 5.11 Å². The van der Waals surface area contributed by atoms with Crippen molar-refractivity contribution in [3.05, 3.63) is 17.5 Å². The molecule has 1 aromatic heterocycles. The lowest BCUT2D eigenvalue weighted by atomic mass is 10.2. The van der Waals surface area contributed by atoms with Crippen LogP contribution in [0.1, 0.15) is 11.3 Å². The van der Waals surface area contributed by atoms with E-state index < -0.39 is 5.97 Å². The van der Waals surface area contributed by atoms with Crippen LogP contribution in [0.2, 0.25) is 0 Å². The van der Waals surface area contributed by atoms with Crippen LogP contribution in [0.5, 0.6) is 0 Å². The van der Waals surface area contributed by atoms with Gasteiger partial charge in [-0.3, -0.25) is 19.3 Å². The minimum atomic E-state index is -0.744. The van der Waals surface area contributed by atoms with Crippen molar-refractivity contribution in [2.45, 2.75) is 13.5 Å². The zero-order valence-corrected chi connectivity index (χ0v) is 11.0. The molecule has 2 rings (SSSR count). The van der Waals surface area contributed by atoms with E-state index in [0.29, 0.717) is 0 Å². The molecule has 0 atom stereocenters. The average Bonchev–Trinajstić information content (AvgIpc) is 2.63. The van der Waals surface area contributed by atoms with Gasteiger partial charge in [-0.15, -0.1) is 0 Å². The highest BCUT2D eigenvalue weighted by Crippen LogP contribution is 2.11. The van der Waals surface area contributed by atoms with Gasteiger partial charge in [0.2, 0.25) is 0 Å². The van der Waals surface area contributed by atoms with Crippen molar-refractivity contribution in [3.8, 4) is 0 Å². The molecule has 2 heterocycles. The largest absolute Gasteiger partial charge is 0.480 e. The van der Waals surface area contributed by atoms with E-state index in [-0.39, 0.29) is 6.54 Å². The number of piperazine rings is 1. The van der Waals surface area contributed by atoms with Crippen molar-refractivity contribution in [2.75, 3.05) is 32.7 Å². The van der Waals surface area contributed by atoms with Crippen molar-refractivity contribution in [1.29, 1.82) is 0 Å². The maximum absolute atomic E-state index is 10.6. The van der Waals surface area contributed by atoms with Crippen LogP contribution in [0.25, 0.3) is 0 Å². The summed E-state index contributed by atoms with van der Waals surface area (Å²) >= 11 is 0. The Morgan fingerprint density at radius 1 is 1.33 bits per heavy atom. The Morgan fingerprint density at radius 3 is 2.44 bits per heavy atom. The Balaban J connectivity index is 1.83. The molecule has 0 amide bonds. The lowest BCUT2D eigenvalue weighted by Crippen LogP contribution is -2.47. The number of carbonyl (C=O) groups is 1. The third-order valence-electron chi connectivity index (χ3n) is 3.55. The summed E-state index contributed by atoms with van der Waals surface area (Å²) in [7, 11) is 1.95. The Labute approximate surface area is 107 Å². The second-order valence-corrected chi connectivity index (χ2v) is 4.82. The Bertz CT molecular complexity index is 422. The molecule has 1 aromatic rings. The van der Waals surface area contributed by atoms with E-state index in [1.807, 2.05) is 22.8 Å². The smallest absolute Gasteiger partial charge is 0.317 e. The Morgan fingerprint density at radius 2 is 1.94 bits per heavy atom. The van der Waals surface area contributed by atoms with Crippen molar-refractivity contribution < 1.29 is 9.90 Å². The second kappa shape index (κ2) is 5.49. The zero-order chi connectivity index (χ0) is 13.1. The number of nitrogens with zero attached hydrogens (tertiary/aromatic N) is 4. The molecule has 6 heteroatoms. The third-order valence-corrected chi connectivity index (χ3v) is 3.55. The molecule has 0 aromatic carbocycles. The fraction of sp³-hybridized carbons (Fsp3) is 0.667. The lowest BCUT2D eigenvalue weighted by Gasteiger charge is -2.33. The van der Waals surface area contributed by atoms with Gasteiger partial charge in [0.15, 0.2) is 0 Å². The van der Waals surface area contributed by atoms with Crippen LogP contribution in [0.4, 0.5) is 0 Å². The van der Waals surface area contributed by atoms with Gasteiger partial charge in [-0.2, -0.15) is 5.10 Å². The molecule has 0 radical (unpaired) electrons. The van der Waals surface area contributed by atoms with Gasteiger partial charge in [0, 0.05) is 51.0 Å². The van der Waals surface area contributed by atoms with E-state index in [2.05, 4.69) is 16.9 Å². The first-order valence-corrected chi connectivity index (χ1v) is 6.20. The first-order valence-electron chi connectivity index (χ1n) is 6.20. The van der Waals surface area contributed by atoms with Gasteiger partial charge in [-0.25, -0.2) is 0 Å².